The molecule has 2 aliphatic heterocycles. The molecule has 23 heavy (non-hydrogen) atoms. The van der Waals surface area contributed by atoms with E-state index in [0.717, 1.165) is 38.8 Å². The lowest BCUT2D eigenvalue weighted by Crippen LogP contribution is -2.29. The molecule has 2 amide bonds. The fourth-order valence-electron chi connectivity index (χ4n) is 3.29. The Balaban J connectivity index is 1.48. The molecule has 7 nitrogen and oxygen atoms in total. The first kappa shape index (κ1) is 16.0. The van der Waals surface area contributed by atoms with E-state index in [9.17, 15) is 9.59 Å². The third kappa shape index (κ3) is 4.10. The quantitative estimate of drug-likeness (QED) is 0.893. The maximum absolute atomic E-state index is 12.3. The molecular weight excluding hydrogens is 296 g/mol. The molecule has 2 fully saturated rings. The molecule has 1 N–H and O–H groups in total. The molecule has 2 atom stereocenters. The van der Waals surface area contributed by atoms with E-state index in [0.29, 0.717) is 18.8 Å². The Bertz CT molecular complexity index is 565. The molecule has 2 saturated heterocycles. The first-order valence-corrected chi connectivity index (χ1v) is 8.34. The highest BCUT2D eigenvalue weighted by Crippen LogP contribution is 2.24. The molecule has 1 aromatic heterocycles. The van der Waals surface area contributed by atoms with Crippen LogP contribution in [0.2, 0.25) is 0 Å². The first-order valence-electron chi connectivity index (χ1n) is 8.34. The Labute approximate surface area is 136 Å². The monoisotopic (exact) mass is 320 g/mol. The SMILES string of the molecule is CC(=O)Nc1ccn([C@@H]2CCN(C(=O)CC[C@@H]3CCCO3)C2)n1. The van der Waals surface area contributed by atoms with Gasteiger partial charge in [-0.1, -0.05) is 0 Å². The Morgan fingerprint density at radius 1 is 1.43 bits per heavy atom. The van der Waals surface area contributed by atoms with Crippen molar-refractivity contribution >= 4 is 17.6 Å². The second-order valence-electron chi connectivity index (χ2n) is 6.32. The molecule has 0 unspecified atom stereocenters. The van der Waals surface area contributed by atoms with Gasteiger partial charge in [0, 0.05) is 45.3 Å². The predicted octanol–water partition coefficient (Wildman–Crippen LogP) is 1.57. The number of hydrogen-bond acceptors (Lipinski definition) is 4. The van der Waals surface area contributed by atoms with E-state index in [1.54, 1.807) is 6.07 Å². The third-order valence-electron chi connectivity index (χ3n) is 4.51. The summed E-state index contributed by atoms with van der Waals surface area (Å²) in [6.45, 7) is 3.75. The Hall–Kier alpha value is -1.89. The smallest absolute Gasteiger partial charge is 0.222 e. The van der Waals surface area contributed by atoms with E-state index in [-0.39, 0.29) is 24.0 Å². The van der Waals surface area contributed by atoms with Crippen LogP contribution in [0.5, 0.6) is 0 Å². The van der Waals surface area contributed by atoms with Crippen molar-refractivity contribution in [3.63, 3.8) is 0 Å². The van der Waals surface area contributed by atoms with Crippen LogP contribution in [0.25, 0.3) is 0 Å². The number of hydrogen-bond donors (Lipinski definition) is 1. The average Bonchev–Trinajstić information content (AvgIpc) is 3.24. The van der Waals surface area contributed by atoms with Crippen molar-refractivity contribution in [3.05, 3.63) is 12.3 Å². The highest BCUT2D eigenvalue weighted by atomic mass is 16.5. The van der Waals surface area contributed by atoms with E-state index in [2.05, 4.69) is 10.4 Å². The summed E-state index contributed by atoms with van der Waals surface area (Å²) in [6, 6.07) is 1.97. The minimum absolute atomic E-state index is 0.132. The van der Waals surface area contributed by atoms with E-state index in [1.807, 2.05) is 15.8 Å². The Kier molecular flexibility index (Phi) is 4.95. The molecule has 3 heterocycles. The second kappa shape index (κ2) is 7.12. The van der Waals surface area contributed by atoms with Gasteiger partial charge >= 0.3 is 0 Å². The molecule has 0 spiro atoms. The number of rotatable bonds is 5. The lowest BCUT2D eigenvalue weighted by molar-refractivity contribution is -0.130. The van der Waals surface area contributed by atoms with E-state index in [4.69, 9.17) is 4.74 Å². The lowest BCUT2D eigenvalue weighted by atomic mass is 10.1. The third-order valence-corrected chi connectivity index (χ3v) is 4.51. The van der Waals surface area contributed by atoms with Crippen molar-refractivity contribution in [2.75, 3.05) is 25.0 Å². The van der Waals surface area contributed by atoms with Crippen molar-refractivity contribution in [2.45, 2.75) is 51.2 Å². The van der Waals surface area contributed by atoms with Gasteiger partial charge in [-0.25, -0.2) is 0 Å². The maximum Gasteiger partial charge on any atom is 0.222 e. The number of ether oxygens (including phenoxy) is 1. The average molecular weight is 320 g/mol. The molecule has 2 aliphatic rings. The van der Waals surface area contributed by atoms with Crippen LogP contribution in [0.1, 0.15) is 45.1 Å². The van der Waals surface area contributed by atoms with Crippen LogP contribution in [-0.4, -0.2) is 52.3 Å². The van der Waals surface area contributed by atoms with Crippen LogP contribution in [0.15, 0.2) is 12.3 Å². The Morgan fingerprint density at radius 2 is 2.30 bits per heavy atom. The zero-order chi connectivity index (χ0) is 16.2. The maximum atomic E-state index is 12.3. The van der Waals surface area contributed by atoms with Gasteiger partial charge in [-0.15, -0.1) is 0 Å². The first-order chi connectivity index (χ1) is 11.1. The van der Waals surface area contributed by atoms with Gasteiger partial charge in [0.05, 0.1) is 12.1 Å². The van der Waals surface area contributed by atoms with Crippen LogP contribution in [0.3, 0.4) is 0 Å². The minimum Gasteiger partial charge on any atom is -0.378 e. The molecule has 1 aromatic rings. The number of anilines is 1. The fraction of sp³-hybridized carbons (Fsp3) is 0.688. The van der Waals surface area contributed by atoms with Gasteiger partial charge in [-0.2, -0.15) is 5.10 Å². The van der Waals surface area contributed by atoms with Gasteiger partial charge in [0.2, 0.25) is 11.8 Å². The normalized spacial score (nSPS) is 24.1. The number of amides is 2. The molecular formula is C16H24N4O3. The van der Waals surface area contributed by atoms with Crippen molar-refractivity contribution in [1.29, 1.82) is 0 Å². The zero-order valence-corrected chi connectivity index (χ0v) is 13.5. The molecule has 3 rings (SSSR count). The zero-order valence-electron chi connectivity index (χ0n) is 13.5. The largest absolute Gasteiger partial charge is 0.378 e. The number of nitrogens with one attached hydrogen (secondary N) is 1. The minimum atomic E-state index is -0.132. The van der Waals surface area contributed by atoms with E-state index >= 15 is 0 Å². The summed E-state index contributed by atoms with van der Waals surface area (Å²) in [5, 5.41) is 7.03. The Morgan fingerprint density at radius 3 is 3.04 bits per heavy atom. The highest BCUT2D eigenvalue weighted by molar-refractivity contribution is 5.87. The molecule has 0 aliphatic carbocycles. The molecule has 0 aromatic carbocycles. The van der Waals surface area contributed by atoms with Crippen molar-refractivity contribution < 1.29 is 14.3 Å². The van der Waals surface area contributed by atoms with Crippen molar-refractivity contribution in [1.82, 2.24) is 14.7 Å². The number of carbonyl (C=O) groups excluding carboxylic acids is 2. The summed E-state index contributed by atoms with van der Waals surface area (Å²) in [7, 11) is 0. The number of aromatic nitrogens is 2. The van der Waals surface area contributed by atoms with Crippen LogP contribution >= 0.6 is 0 Å². The molecule has 126 valence electrons. The van der Waals surface area contributed by atoms with Gasteiger partial charge in [0.15, 0.2) is 5.82 Å². The highest BCUT2D eigenvalue weighted by Gasteiger charge is 2.28. The van der Waals surface area contributed by atoms with Crippen LogP contribution in [0, 0.1) is 0 Å². The van der Waals surface area contributed by atoms with Gasteiger partial charge < -0.3 is 15.0 Å². The lowest BCUT2D eigenvalue weighted by Gasteiger charge is -2.18. The molecule has 0 saturated carbocycles. The van der Waals surface area contributed by atoms with E-state index in [1.165, 1.54) is 6.92 Å². The summed E-state index contributed by atoms with van der Waals surface area (Å²) in [5.74, 6) is 0.630. The summed E-state index contributed by atoms with van der Waals surface area (Å²) in [5.41, 5.74) is 0. The summed E-state index contributed by atoms with van der Waals surface area (Å²) in [6.07, 6.45) is 6.60. The molecule has 0 radical (unpaired) electrons. The summed E-state index contributed by atoms with van der Waals surface area (Å²) < 4.78 is 7.42. The van der Waals surface area contributed by atoms with Gasteiger partial charge in [0.1, 0.15) is 0 Å². The second-order valence-corrected chi connectivity index (χ2v) is 6.32. The van der Waals surface area contributed by atoms with Gasteiger partial charge in [0.25, 0.3) is 0 Å². The fourth-order valence-corrected chi connectivity index (χ4v) is 3.29. The number of nitrogens with zero attached hydrogens (tertiary/aromatic N) is 3. The van der Waals surface area contributed by atoms with Crippen molar-refractivity contribution in [2.24, 2.45) is 0 Å². The summed E-state index contributed by atoms with van der Waals surface area (Å²) in [4.78, 5) is 25.3. The van der Waals surface area contributed by atoms with E-state index < -0.39 is 0 Å². The standard InChI is InChI=1S/C16H24N4O3/c1-12(21)17-15-7-9-20(18-15)13-6-8-19(11-13)16(22)5-4-14-3-2-10-23-14/h7,9,13-14H,2-6,8,10-11H2,1H3,(H,17,18,21)/t13-,14+/m1/s1. The number of carbonyl (C=O) groups is 2. The summed E-state index contributed by atoms with van der Waals surface area (Å²) >= 11 is 0. The van der Waals surface area contributed by atoms with Crippen LogP contribution < -0.4 is 5.32 Å². The molecule has 0 bridgehead atoms. The van der Waals surface area contributed by atoms with Crippen LogP contribution in [0.4, 0.5) is 5.82 Å². The van der Waals surface area contributed by atoms with Gasteiger partial charge in [-0.05, 0) is 25.7 Å². The number of likely N-dealkylation sites (tertiary alicyclic amines) is 1. The van der Waals surface area contributed by atoms with Gasteiger partial charge in [-0.3, -0.25) is 14.3 Å². The van der Waals surface area contributed by atoms with Crippen LogP contribution in [-0.2, 0) is 14.3 Å². The predicted molar refractivity (Wildman–Crippen MR) is 85.0 cm³/mol. The van der Waals surface area contributed by atoms with Crippen molar-refractivity contribution in [3.8, 4) is 0 Å². The molecule has 7 heteroatoms. The topological polar surface area (TPSA) is 76.5 Å².